The van der Waals surface area contributed by atoms with Crippen molar-refractivity contribution in [2.24, 2.45) is 0 Å². The van der Waals surface area contributed by atoms with Gasteiger partial charge in [-0.3, -0.25) is 9.89 Å². The van der Waals surface area contributed by atoms with E-state index in [9.17, 15) is 4.79 Å². The van der Waals surface area contributed by atoms with Crippen molar-refractivity contribution < 1.29 is 9.53 Å². The van der Waals surface area contributed by atoms with E-state index in [0.29, 0.717) is 6.47 Å². The van der Waals surface area contributed by atoms with Gasteiger partial charge in [0.2, 0.25) is 0 Å². The van der Waals surface area contributed by atoms with Crippen LogP contribution < -0.4 is 0 Å². The number of carbonyl (C=O) groups excluding carboxylic acids is 1. The summed E-state index contributed by atoms with van der Waals surface area (Å²) < 4.78 is 4.70. The Morgan fingerprint density at radius 1 is 1.33 bits per heavy atom. The Morgan fingerprint density at radius 3 is 2.87 bits per heavy atom. The van der Waals surface area contributed by atoms with Crippen LogP contribution in [0.4, 0.5) is 0 Å². The average Bonchev–Trinajstić information content (AvgIpc) is 2.75. The Balaban J connectivity index is 2.29. The summed E-state index contributed by atoms with van der Waals surface area (Å²) in [5, 5.41) is 6.82. The molecule has 76 valence electrons. The van der Waals surface area contributed by atoms with E-state index in [0.717, 1.165) is 16.8 Å². The maximum absolute atomic E-state index is 10.1. The molecule has 0 fully saturated rings. The van der Waals surface area contributed by atoms with Crippen LogP contribution in [-0.4, -0.2) is 16.7 Å². The third kappa shape index (κ3) is 2.04. The quantitative estimate of drug-likeness (QED) is 0.768. The smallest absolute Gasteiger partial charge is 0.293 e. The van der Waals surface area contributed by atoms with Crippen LogP contribution in [0.15, 0.2) is 36.5 Å². The van der Waals surface area contributed by atoms with Crippen molar-refractivity contribution in [3.05, 3.63) is 42.1 Å². The molecule has 2 aromatic rings. The van der Waals surface area contributed by atoms with Gasteiger partial charge in [-0.1, -0.05) is 30.3 Å². The van der Waals surface area contributed by atoms with Crippen LogP contribution in [0.1, 0.15) is 5.56 Å². The van der Waals surface area contributed by atoms with E-state index >= 15 is 0 Å². The summed E-state index contributed by atoms with van der Waals surface area (Å²) in [7, 11) is 0. The third-order valence-electron chi connectivity index (χ3n) is 2.09. The maximum atomic E-state index is 10.1. The zero-order valence-corrected chi connectivity index (χ0v) is 8.01. The van der Waals surface area contributed by atoms with Crippen molar-refractivity contribution in [1.82, 2.24) is 10.2 Å². The lowest BCUT2D eigenvalue weighted by atomic mass is 10.1. The van der Waals surface area contributed by atoms with Gasteiger partial charge in [-0.05, 0) is 5.56 Å². The molecule has 1 aromatic heterocycles. The minimum absolute atomic E-state index is 0.240. The summed E-state index contributed by atoms with van der Waals surface area (Å²) in [5.74, 6) is 0. The highest BCUT2D eigenvalue weighted by Gasteiger charge is 2.06. The first-order valence-corrected chi connectivity index (χ1v) is 4.54. The zero-order chi connectivity index (χ0) is 10.5. The number of nitrogens with one attached hydrogen (secondary N) is 1. The summed E-state index contributed by atoms with van der Waals surface area (Å²) >= 11 is 0. The monoisotopic (exact) mass is 202 g/mol. The largest absolute Gasteiger partial charge is 0.463 e. The number of carbonyl (C=O) groups is 1. The zero-order valence-electron chi connectivity index (χ0n) is 8.01. The van der Waals surface area contributed by atoms with Crippen LogP contribution in [0.25, 0.3) is 11.3 Å². The van der Waals surface area contributed by atoms with E-state index < -0.39 is 0 Å². The molecule has 0 saturated heterocycles. The molecule has 0 atom stereocenters. The topological polar surface area (TPSA) is 55.0 Å². The number of nitrogens with zero attached hydrogens (tertiary/aromatic N) is 1. The standard InChI is InChI=1S/C11H10N2O2/c14-8-15-7-10-6-12-13-11(10)9-4-2-1-3-5-9/h1-6,8H,7H2,(H,12,13). The number of aromatic amines is 1. The maximum Gasteiger partial charge on any atom is 0.293 e. The van der Waals surface area contributed by atoms with Crippen molar-refractivity contribution in [2.45, 2.75) is 6.61 Å². The molecule has 0 aliphatic heterocycles. The normalized spacial score (nSPS) is 9.87. The summed E-state index contributed by atoms with van der Waals surface area (Å²) in [6.07, 6.45) is 1.66. The van der Waals surface area contributed by atoms with Crippen LogP contribution >= 0.6 is 0 Å². The molecule has 1 aromatic carbocycles. The third-order valence-corrected chi connectivity index (χ3v) is 2.09. The Bertz CT molecular complexity index is 437. The first-order valence-electron chi connectivity index (χ1n) is 4.54. The first-order chi connectivity index (χ1) is 7.42. The Kier molecular flexibility index (Phi) is 2.78. The Hall–Kier alpha value is -2.10. The van der Waals surface area contributed by atoms with Crippen LogP contribution in [0.3, 0.4) is 0 Å². The van der Waals surface area contributed by atoms with Crippen LogP contribution in [0.5, 0.6) is 0 Å². The number of hydrogen-bond acceptors (Lipinski definition) is 3. The lowest BCUT2D eigenvalue weighted by Crippen LogP contribution is -1.91. The summed E-state index contributed by atoms with van der Waals surface area (Å²) in [5.41, 5.74) is 2.78. The fraction of sp³-hybridized carbons (Fsp3) is 0.0909. The highest BCUT2D eigenvalue weighted by molar-refractivity contribution is 5.62. The molecule has 0 aliphatic rings. The van der Waals surface area contributed by atoms with Crippen molar-refractivity contribution in [3.63, 3.8) is 0 Å². The van der Waals surface area contributed by atoms with E-state index in [-0.39, 0.29) is 6.61 Å². The molecule has 0 radical (unpaired) electrons. The molecule has 0 saturated carbocycles. The molecule has 0 amide bonds. The fourth-order valence-corrected chi connectivity index (χ4v) is 1.40. The van der Waals surface area contributed by atoms with Crippen molar-refractivity contribution >= 4 is 6.47 Å². The Morgan fingerprint density at radius 2 is 2.13 bits per heavy atom. The number of rotatable bonds is 4. The van der Waals surface area contributed by atoms with Gasteiger partial charge in [0, 0.05) is 5.56 Å². The molecular weight excluding hydrogens is 192 g/mol. The Labute approximate surface area is 86.9 Å². The van der Waals surface area contributed by atoms with Gasteiger partial charge in [-0.2, -0.15) is 5.10 Å². The van der Waals surface area contributed by atoms with Crippen molar-refractivity contribution in [2.75, 3.05) is 0 Å². The molecular formula is C11H10N2O2. The van der Waals surface area contributed by atoms with Gasteiger partial charge in [0.25, 0.3) is 6.47 Å². The fourth-order valence-electron chi connectivity index (χ4n) is 1.40. The molecule has 4 heteroatoms. The number of aromatic nitrogens is 2. The molecule has 15 heavy (non-hydrogen) atoms. The molecule has 2 rings (SSSR count). The first kappa shape index (κ1) is 9.45. The average molecular weight is 202 g/mol. The second-order valence-electron chi connectivity index (χ2n) is 3.04. The second-order valence-corrected chi connectivity index (χ2v) is 3.04. The molecule has 0 bridgehead atoms. The van der Waals surface area contributed by atoms with E-state index in [1.165, 1.54) is 0 Å². The lowest BCUT2D eigenvalue weighted by molar-refractivity contribution is -0.129. The molecule has 1 heterocycles. The van der Waals surface area contributed by atoms with E-state index in [2.05, 4.69) is 10.2 Å². The SMILES string of the molecule is O=COCc1cn[nH]c1-c1ccccc1. The second kappa shape index (κ2) is 4.41. The molecule has 0 unspecified atom stereocenters. The van der Waals surface area contributed by atoms with Gasteiger partial charge in [0.05, 0.1) is 11.9 Å². The van der Waals surface area contributed by atoms with Crippen LogP contribution in [-0.2, 0) is 16.1 Å². The van der Waals surface area contributed by atoms with E-state index in [1.807, 2.05) is 30.3 Å². The minimum atomic E-state index is 0.240. The van der Waals surface area contributed by atoms with Crippen LogP contribution in [0, 0.1) is 0 Å². The van der Waals surface area contributed by atoms with Crippen LogP contribution in [0.2, 0.25) is 0 Å². The van der Waals surface area contributed by atoms with Crippen molar-refractivity contribution in [3.8, 4) is 11.3 Å². The van der Waals surface area contributed by atoms with Gasteiger partial charge in [-0.25, -0.2) is 0 Å². The highest BCUT2D eigenvalue weighted by Crippen LogP contribution is 2.20. The summed E-state index contributed by atoms with van der Waals surface area (Å²) in [6, 6.07) is 9.78. The number of hydrogen-bond donors (Lipinski definition) is 1. The molecule has 1 N–H and O–H groups in total. The van der Waals surface area contributed by atoms with Crippen molar-refractivity contribution in [1.29, 1.82) is 0 Å². The van der Waals surface area contributed by atoms with E-state index in [1.54, 1.807) is 6.20 Å². The highest BCUT2D eigenvalue weighted by atomic mass is 16.5. The van der Waals surface area contributed by atoms with Gasteiger partial charge in [0.1, 0.15) is 6.61 Å². The molecule has 4 nitrogen and oxygen atoms in total. The molecule has 0 aliphatic carbocycles. The summed E-state index contributed by atoms with van der Waals surface area (Å²) in [6.45, 7) is 0.673. The number of ether oxygens (including phenoxy) is 1. The van der Waals surface area contributed by atoms with Gasteiger partial charge < -0.3 is 4.74 Å². The minimum Gasteiger partial charge on any atom is -0.463 e. The summed E-state index contributed by atoms with van der Waals surface area (Å²) in [4.78, 5) is 10.1. The van der Waals surface area contributed by atoms with E-state index in [4.69, 9.17) is 4.74 Å². The predicted octanol–water partition coefficient (Wildman–Crippen LogP) is 1.75. The number of H-pyrrole nitrogens is 1. The predicted molar refractivity (Wildman–Crippen MR) is 54.9 cm³/mol. The van der Waals surface area contributed by atoms with Gasteiger partial charge in [-0.15, -0.1) is 0 Å². The van der Waals surface area contributed by atoms with Gasteiger partial charge >= 0.3 is 0 Å². The number of benzene rings is 1. The lowest BCUT2D eigenvalue weighted by Gasteiger charge is -2.01. The van der Waals surface area contributed by atoms with Gasteiger partial charge in [0.15, 0.2) is 0 Å². The molecule has 0 spiro atoms.